The summed E-state index contributed by atoms with van der Waals surface area (Å²) < 4.78 is 0. The van der Waals surface area contributed by atoms with Gasteiger partial charge in [-0.15, -0.1) is 0 Å². The van der Waals surface area contributed by atoms with Crippen molar-refractivity contribution in [2.24, 2.45) is 11.8 Å². The minimum absolute atomic E-state index is 0.187. The van der Waals surface area contributed by atoms with Crippen molar-refractivity contribution in [3.8, 4) is 0 Å². The Bertz CT molecular complexity index is 136. The maximum atomic E-state index is 9.86. The van der Waals surface area contributed by atoms with Crippen molar-refractivity contribution in [2.45, 2.75) is 65.6 Å². The largest absolute Gasteiger partial charge is 0.390 e. The molecule has 0 aliphatic heterocycles. The van der Waals surface area contributed by atoms with Crippen molar-refractivity contribution < 1.29 is 10.2 Å². The molecule has 86 valence electrons. The topological polar surface area (TPSA) is 40.5 Å². The second-order valence-corrected chi connectivity index (χ2v) is 4.44. The molecule has 0 aromatic carbocycles. The fourth-order valence-corrected chi connectivity index (χ4v) is 1.64. The lowest BCUT2D eigenvalue weighted by molar-refractivity contribution is -0.0312. The lowest BCUT2D eigenvalue weighted by atomic mass is 9.85. The number of hydrogen-bond donors (Lipinski definition) is 2. The molecule has 0 aromatic heterocycles. The molecule has 14 heavy (non-hydrogen) atoms. The van der Waals surface area contributed by atoms with Crippen molar-refractivity contribution in [3.05, 3.63) is 0 Å². The van der Waals surface area contributed by atoms with Gasteiger partial charge in [-0.1, -0.05) is 47.0 Å². The first-order valence-electron chi connectivity index (χ1n) is 5.90. The minimum atomic E-state index is -0.559. The summed E-state index contributed by atoms with van der Waals surface area (Å²) in [6.07, 6.45) is 2.74. The van der Waals surface area contributed by atoms with Gasteiger partial charge in [-0.05, 0) is 18.3 Å². The van der Waals surface area contributed by atoms with Crippen LogP contribution in [0.3, 0.4) is 0 Å². The summed E-state index contributed by atoms with van der Waals surface area (Å²) in [7, 11) is 0. The van der Waals surface area contributed by atoms with E-state index in [2.05, 4.69) is 20.8 Å². The third-order valence-corrected chi connectivity index (χ3v) is 3.33. The normalized spacial score (nSPS) is 20.1. The van der Waals surface area contributed by atoms with E-state index in [0.29, 0.717) is 5.92 Å². The van der Waals surface area contributed by atoms with E-state index < -0.39 is 12.2 Å². The van der Waals surface area contributed by atoms with Gasteiger partial charge in [0.2, 0.25) is 0 Å². The monoisotopic (exact) mass is 202 g/mol. The average Bonchev–Trinajstić information content (AvgIpc) is 2.22. The van der Waals surface area contributed by atoms with Crippen LogP contribution in [0.25, 0.3) is 0 Å². The van der Waals surface area contributed by atoms with Crippen molar-refractivity contribution in [3.63, 3.8) is 0 Å². The highest BCUT2D eigenvalue weighted by atomic mass is 16.3. The zero-order valence-electron chi connectivity index (χ0n) is 10.0. The fraction of sp³-hybridized carbons (Fsp3) is 1.00. The molecule has 0 heterocycles. The van der Waals surface area contributed by atoms with Crippen LogP contribution < -0.4 is 0 Å². The Morgan fingerprint density at radius 3 is 2.07 bits per heavy atom. The van der Waals surface area contributed by atoms with Gasteiger partial charge >= 0.3 is 0 Å². The van der Waals surface area contributed by atoms with Gasteiger partial charge in [0.1, 0.15) is 0 Å². The molecule has 0 spiro atoms. The van der Waals surface area contributed by atoms with Gasteiger partial charge in [-0.2, -0.15) is 0 Å². The summed E-state index contributed by atoms with van der Waals surface area (Å²) >= 11 is 0. The number of unbranched alkanes of at least 4 members (excludes halogenated alkanes) is 1. The Morgan fingerprint density at radius 2 is 1.64 bits per heavy atom. The van der Waals surface area contributed by atoms with Gasteiger partial charge in [0.05, 0.1) is 12.2 Å². The first-order chi connectivity index (χ1) is 6.54. The molecule has 0 fully saturated rings. The smallest absolute Gasteiger partial charge is 0.0827 e. The van der Waals surface area contributed by atoms with E-state index in [1.807, 2.05) is 6.92 Å². The van der Waals surface area contributed by atoms with Gasteiger partial charge in [0.15, 0.2) is 0 Å². The Balaban J connectivity index is 3.95. The van der Waals surface area contributed by atoms with E-state index in [0.717, 1.165) is 25.7 Å². The summed E-state index contributed by atoms with van der Waals surface area (Å²) in [5.41, 5.74) is 0. The lowest BCUT2D eigenvalue weighted by Gasteiger charge is -2.27. The van der Waals surface area contributed by atoms with Gasteiger partial charge in [0.25, 0.3) is 0 Å². The zero-order chi connectivity index (χ0) is 11.1. The standard InChI is InChI=1S/C12H26O2/c1-5-7-8-11(13)12(14)10(4)9(3)6-2/h9-14H,5-8H2,1-4H3. The van der Waals surface area contributed by atoms with E-state index >= 15 is 0 Å². The molecule has 2 N–H and O–H groups in total. The van der Waals surface area contributed by atoms with Crippen molar-refractivity contribution in [1.82, 2.24) is 0 Å². The third-order valence-electron chi connectivity index (χ3n) is 3.33. The summed E-state index contributed by atoms with van der Waals surface area (Å²) in [6.45, 7) is 8.36. The maximum absolute atomic E-state index is 9.86. The van der Waals surface area contributed by atoms with Crippen LogP contribution in [0.4, 0.5) is 0 Å². The average molecular weight is 202 g/mol. The molecule has 2 nitrogen and oxygen atoms in total. The third kappa shape index (κ3) is 4.43. The minimum Gasteiger partial charge on any atom is -0.390 e. The number of hydrogen-bond acceptors (Lipinski definition) is 2. The Kier molecular flexibility index (Phi) is 7.20. The first-order valence-corrected chi connectivity index (χ1v) is 5.90. The zero-order valence-corrected chi connectivity index (χ0v) is 10.0. The Hall–Kier alpha value is -0.0800. The molecule has 2 heteroatoms. The molecule has 0 aliphatic rings. The molecule has 0 aromatic rings. The van der Waals surface area contributed by atoms with Crippen molar-refractivity contribution >= 4 is 0 Å². The van der Waals surface area contributed by atoms with Gasteiger partial charge < -0.3 is 10.2 Å². The van der Waals surface area contributed by atoms with Crippen LogP contribution in [0, 0.1) is 11.8 Å². The Morgan fingerprint density at radius 1 is 1.07 bits per heavy atom. The highest BCUT2D eigenvalue weighted by Crippen LogP contribution is 2.22. The van der Waals surface area contributed by atoms with Crippen LogP contribution in [0.1, 0.15) is 53.4 Å². The lowest BCUT2D eigenvalue weighted by Crippen LogP contribution is -2.35. The van der Waals surface area contributed by atoms with Crippen LogP contribution in [-0.2, 0) is 0 Å². The molecule has 4 atom stereocenters. The van der Waals surface area contributed by atoms with Gasteiger partial charge in [-0.25, -0.2) is 0 Å². The summed E-state index contributed by atoms with van der Waals surface area (Å²) in [5.74, 6) is 0.660. The predicted octanol–water partition coefficient (Wildman–Crippen LogP) is 2.58. The first kappa shape index (κ1) is 13.9. The second kappa shape index (κ2) is 7.24. The molecular weight excluding hydrogens is 176 g/mol. The van der Waals surface area contributed by atoms with Crippen LogP contribution in [0.2, 0.25) is 0 Å². The molecule has 0 saturated heterocycles. The van der Waals surface area contributed by atoms with E-state index in [1.54, 1.807) is 0 Å². The summed E-state index contributed by atoms with van der Waals surface area (Å²) in [5, 5.41) is 19.6. The predicted molar refractivity (Wildman–Crippen MR) is 60.2 cm³/mol. The molecule has 0 saturated carbocycles. The van der Waals surface area contributed by atoms with Crippen LogP contribution in [0.5, 0.6) is 0 Å². The number of aliphatic hydroxyl groups is 2. The fourth-order valence-electron chi connectivity index (χ4n) is 1.64. The van der Waals surface area contributed by atoms with E-state index in [1.165, 1.54) is 0 Å². The summed E-state index contributed by atoms with van der Waals surface area (Å²) in [6, 6.07) is 0. The van der Waals surface area contributed by atoms with Gasteiger partial charge in [0, 0.05) is 0 Å². The van der Waals surface area contributed by atoms with E-state index in [-0.39, 0.29) is 5.92 Å². The quantitative estimate of drug-likeness (QED) is 0.666. The molecule has 4 unspecified atom stereocenters. The van der Waals surface area contributed by atoms with Crippen molar-refractivity contribution in [2.75, 3.05) is 0 Å². The highest BCUT2D eigenvalue weighted by Gasteiger charge is 2.25. The van der Waals surface area contributed by atoms with Gasteiger partial charge in [-0.3, -0.25) is 0 Å². The van der Waals surface area contributed by atoms with Crippen molar-refractivity contribution in [1.29, 1.82) is 0 Å². The number of rotatable bonds is 7. The van der Waals surface area contributed by atoms with Crippen LogP contribution in [-0.4, -0.2) is 22.4 Å². The molecule has 0 bridgehead atoms. The van der Waals surface area contributed by atoms with E-state index in [9.17, 15) is 10.2 Å². The van der Waals surface area contributed by atoms with Crippen LogP contribution in [0.15, 0.2) is 0 Å². The maximum Gasteiger partial charge on any atom is 0.0827 e. The molecule has 0 rings (SSSR count). The summed E-state index contributed by atoms with van der Waals surface area (Å²) in [4.78, 5) is 0. The van der Waals surface area contributed by atoms with Crippen LogP contribution >= 0.6 is 0 Å². The highest BCUT2D eigenvalue weighted by molar-refractivity contribution is 4.76. The molecule has 0 radical (unpaired) electrons. The molecular formula is C12H26O2. The molecule has 0 aliphatic carbocycles. The SMILES string of the molecule is CCCCC(O)C(O)C(C)C(C)CC. The van der Waals surface area contributed by atoms with E-state index in [4.69, 9.17) is 0 Å². The second-order valence-electron chi connectivity index (χ2n) is 4.44. The Labute approximate surface area is 88.3 Å². The number of aliphatic hydroxyl groups excluding tert-OH is 2. The molecule has 0 amide bonds.